The Bertz CT molecular complexity index is 1120. The number of benzene rings is 1. The number of nitrogens with zero attached hydrogens (tertiary/aromatic N) is 6. The van der Waals surface area contributed by atoms with Crippen LogP contribution in [0.5, 0.6) is 11.6 Å². The van der Waals surface area contributed by atoms with Crippen molar-refractivity contribution in [3.05, 3.63) is 39.5 Å². The zero-order valence-electron chi connectivity index (χ0n) is 19.3. The third-order valence-corrected chi connectivity index (χ3v) is 7.33. The topological polar surface area (TPSA) is 78.1 Å². The SMILES string of the molecule is CN(C)C(=O)N1CCN(Cc2cc(Cl)cnc2Oc2ccc3c(c2Br)N=N[NH+]3CC2CC2)CC1. The number of nitrogens with one attached hydrogen (secondary N) is 1. The van der Waals surface area contributed by atoms with Crippen LogP contribution in [0.15, 0.2) is 39.2 Å². The predicted octanol–water partition coefficient (Wildman–Crippen LogP) is 4.03. The summed E-state index contributed by atoms with van der Waals surface area (Å²) >= 11 is 9.94. The van der Waals surface area contributed by atoms with Crippen molar-refractivity contribution in [2.24, 2.45) is 16.3 Å². The molecule has 9 nitrogen and oxygen atoms in total. The van der Waals surface area contributed by atoms with Crippen LogP contribution < -0.4 is 9.75 Å². The molecule has 5 rings (SSSR count). The average Bonchev–Trinajstić information content (AvgIpc) is 3.55. The number of pyridine rings is 1. The zero-order chi connectivity index (χ0) is 23.8. The summed E-state index contributed by atoms with van der Waals surface area (Å²) < 4.78 is 7.03. The van der Waals surface area contributed by atoms with Gasteiger partial charge in [0, 0.05) is 75.8 Å². The van der Waals surface area contributed by atoms with Crippen LogP contribution in [0.1, 0.15) is 18.4 Å². The van der Waals surface area contributed by atoms with Gasteiger partial charge in [-0.3, -0.25) is 4.90 Å². The first-order valence-electron chi connectivity index (χ1n) is 11.5. The smallest absolute Gasteiger partial charge is 0.319 e. The summed E-state index contributed by atoms with van der Waals surface area (Å²) in [6.45, 7) is 4.53. The summed E-state index contributed by atoms with van der Waals surface area (Å²) in [4.78, 5) is 22.5. The number of amides is 2. The van der Waals surface area contributed by atoms with E-state index in [2.05, 4.69) is 36.2 Å². The average molecular weight is 550 g/mol. The number of halogens is 2. The number of piperazine rings is 1. The van der Waals surface area contributed by atoms with Crippen LogP contribution in [0.4, 0.5) is 16.2 Å². The summed E-state index contributed by atoms with van der Waals surface area (Å²) in [5.41, 5.74) is 2.78. The highest BCUT2D eigenvalue weighted by molar-refractivity contribution is 9.10. The number of aromatic nitrogens is 1. The molecule has 2 aliphatic heterocycles. The summed E-state index contributed by atoms with van der Waals surface area (Å²) in [5.74, 6) is 1.90. The zero-order valence-corrected chi connectivity index (χ0v) is 21.6. The number of quaternary nitrogens is 1. The van der Waals surface area contributed by atoms with Crippen LogP contribution in [0.2, 0.25) is 5.02 Å². The fourth-order valence-electron chi connectivity index (χ4n) is 4.26. The Morgan fingerprint density at radius 3 is 2.74 bits per heavy atom. The molecule has 0 radical (unpaired) electrons. The van der Waals surface area contributed by atoms with Crippen molar-refractivity contribution >= 4 is 44.9 Å². The van der Waals surface area contributed by atoms with Crippen molar-refractivity contribution in [1.82, 2.24) is 19.7 Å². The number of rotatable bonds is 6. The highest BCUT2D eigenvalue weighted by Gasteiger charge is 2.34. The molecule has 2 aromatic rings. The van der Waals surface area contributed by atoms with Crippen LogP contribution in [-0.4, -0.2) is 72.5 Å². The summed E-state index contributed by atoms with van der Waals surface area (Å²) in [6.07, 6.45) is 4.15. The molecule has 2 fully saturated rings. The highest BCUT2D eigenvalue weighted by atomic mass is 79.9. The van der Waals surface area contributed by atoms with Crippen LogP contribution in [-0.2, 0) is 6.54 Å². The maximum atomic E-state index is 12.2. The molecule has 180 valence electrons. The molecule has 1 aromatic heterocycles. The number of carbonyl (C=O) groups is 1. The normalized spacial score (nSPS) is 19.9. The maximum absolute atomic E-state index is 12.2. The lowest BCUT2D eigenvalue weighted by Crippen LogP contribution is -3.01. The second kappa shape index (κ2) is 9.77. The molecule has 11 heteroatoms. The fourth-order valence-corrected chi connectivity index (χ4v) is 4.95. The number of hydrogen-bond donors (Lipinski definition) is 1. The molecular weight excluding hydrogens is 522 g/mol. The van der Waals surface area contributed by atoms with Gasteiger partial charge in [0.1, 0.15) is 12.3 Å². The predicted molar refractivity (Wildman–Crippen MR) is 132 cm³/mol. The second-order valence-electron chi connectivity index (χ2n) is 9.23. The first-order chi connectivity index (χ1) is 16.4. The molecule has 3 heterocycles. The van der Waals surface area contributed by atoms with Gasteiger partial charge in [-0.25, -0.2) is 9.78 Å². The minimum atomic E-state index is 0.0456. The minimum absolute atomic E-state index is 0.0456. The van der Waals surface area contributed by atoms with Crippen LogP contribution in [0, 0.1) is 5.92 Å². The Balaban J connectivity index is 1.29. The first-order valence-corrected chi connectivity index (χ1v) is 12.7. The molecular formula is C23H28BrClN7O2+. The van der Waals surface area contributed by atoms with Gasteiger partial charge in [0.05, 0.1) is 9.50 Å². The van der Waals surface area contributed by atoms with E-state index in [4.69, 9.17) is 16.3 Å². The van der Waals surface area contributed by atoms with E-state index in [1.54, 1.807) is 25.2 Å². The van der Waals surface area contributed by atoms with Crippen LogP contribution in [0.3, 0.4) is 0 Å². The summed E-state index contributed by atoms with van der Waals surface area (Å²) in [7, 11) is 3.56. The molecule has 1 aliphatic carbocycles. The Morgan fingerprint density at radius 1 is 1.26 bits per heavy atom. The lowest BCUT2D eigenvalue weighted by Gasteiger charge is -2.36. The van der Waals surface area contributed by atoms with E-state index < -0.39 is 0 Å². The lowest BCUT2D eigenvalue weighted by atomic mass is 10.2. The number of urea groups is 1. The molecule has 1 saturated carbocycles. The van der Waals surface area contributed by atoms with Crippen molar-refractivity contribution in [3.8, 4) is 11.6 Å². The van der Waals surface area contributed by atoms with Gasteiger partial charge in [0.15, 0.2) is 11.4 Å². The molecule has 1 saturated heterocycles. The van der Waals surface area contributed by atoms with Gasteiger partial charge < -0.3 is 14.5 Å². The van der Waals surface area contributed by atoms with Gasteiger partial charge in [-0.05, 0) is 40.9 Å². The van der Waals surface area contributed by atoms with Gasteiger partial charge in [0.2, 0.25) is 5.88 Å². The van der Waals surface area contributed by atoms with E-state index in [0.29, 0.717) is 36.3 Å². The Morgan fingerprint density at radius 2 is 2.03 bits per heavy atom. The first kappa shape index (κ1) is 23.5. The van der Waals surface area contributed by atoms with Crippen molar-refractivity contribution < 1.29 is 14.5 Å². The van der Waals surface area contributed by atoms with E-state index >= 15 is 0 Å². The number of ether oxygens (including phenoxy) is 1. The van der Waals surface area contributed by atoms with Crippen LogP contribution in [0.25, 0.3) is 0 Å². The van der Waals surface area contributed by atoms with Crippen molar-refractivity contribution in [2.45, 2.75) is 19.4 Å². The monoisotopic (exact) mass is 548 g/mol. The molecule has 1 atom stereocenters. The third-order valence-electron chi connectivity index (χ3n) is 6.36. The third kappa shape index (κ3) is 5.05. The van der Waals surface area contributed by atoms with Gasteiger partial charge in [0.25, 0.3) is 0 Å². The van der Waals surface area contributed by atoms with E-state index in [1.807, 2.05) is 23.1 Å². The second-order valence-corrected chi connectivity index (χ2v) is 10.5. The molecule has 2 amide bonds. The quantitative estimate of drug-likeness (QED) is 0.590. The van der Waals surface area contributed by atoms with Crippen molar-refractivity contribution in [3.63, 3.8) is 0 Å². The van der Waals surface area contributed by atoms with Gasteiger partial charge >= 0.3 is 6.03 Å². The molecule has 3 aliphatic rings. The molecule has 1 unspecified atom stereocenters. The minimum Gasteiger partial charge on any atom is -0.437 e. The van der Waals surface area contributed by atoms with Gasteiger partial charge in [-0.15, -0.1) is 0 Å². The Labute approximate surface area is 212 Å². The van der Waals surface area contributed by atoms with Gasteiger partial charge in [-0.1, -0.05) is 16.7 Å². The van der Waals surface area contributed by atoms with E-state index in [1.165, 1.54) is 12.8 Å². The lowest BCUT2D eigenvalue weighted by molar-refractivity contribution is -0.842. The highest BCUT2D eigenvalue weighted by Crippen LogP contribution is 2.43. The van der Waals surface area contributed by atoms with E-state index in [-0.39, 0.29) is 6.03 Å². The van der Waals surface area contributed by atoms with Crippen molar-refractivity contribution in [1.29, 1.82) is 0 Å². The molecule has 0 spiro atoms. The summed E-state index contributed by atoms with van der Waals surface area (Å²) in [5, 5.41) is 10.4. The number of carbonyl (C=O) groups excluding carboxylic acids is 1. The molecule has 1 N–H and O–H groups in total. The summed E-state index contributed by atoms with van der Waals surface area (Å²) in [6, 6.07) is 5.91. The number of fused-ring (bicyclic) bond motifs is 1. The molecule has 34 heavy (non-hydrogen) atoms. The molecule has 1 aromatic carbocycles. The number of hydrogen-bond acceptors (Lipinski definition) is 6. The Hall–Kier alpha value is -2.27. The Kier molecular flexibility index (Phi) is 6.74. The van der Waals surface area contributed by atoms with Crippen LogP contribution >= 0.6 is 27.5 Å². The largest absolute Gasteiger partial charge is 0.437 e. The van der Waals surface area contributed by atoms with Crippen molar-refractivity contribution in [2.75, 3.05) is 46.8 Å². The van der Waals surface area contributed by atoms with E-state index in [9.17, 15) is 4.79 Å². The maximum Gasteiger partial charge on any atom is 0.319 e. The van der Waals surface area contributed by atoms with E-state index in [0.717, 1.165) is 52.0 Å². The standard InChI is InChI=1S/C23H27BrClN7O2/c1-29(2)23(33)31-9-7-30(8-10-31)14-16-11-17(25)12-26-22(16)34-19-6-5-18-21(20(19)24)27-28-32(18)13-15-3-4-15/h5-6,11-12,15H,3-4,7-10,13-14H2,1-2H3/p+1. The molecule has 0 bridgehead atoms. The van der Waals surface area contributed by atoms with Gasteiger partial charge in [-0.2, -0.15) is 5.01 Å². The fraction of sp³-hybridized carbons (Fsp3) is 0.478.